The van der Waals surface area contributed by atoms with Gasteiger partial charge in [-0.1, -0.05) is 18.2 Å². The number of methoxy groups -OCH3 is 1. The highest BCUT2D eigenvalue weighted by Gasteiger charge is 2.37. The molecule has 152 valence electrons. The molecule has 5 nitrogen and oxygen atoms in total. The van der Waals surface area contributed by atoms with Gasteiger partial charge in [-0.3, -0.25) is 4.90 Å². The molecule has 0 aromatic heterocycles. The minimum absolute atomic E-state index is 0.267. The maximum atomic E-state index is 13.1. The summed E-state index contributed by atoms with van der Waals surface area (Å²) in [5.41, 5.74) is -0.790. The van der Waals surface area contributed by atoms with Crippen molar-refractivity contribution in [1.82, 2.24) is 10.2 Å². The van der Waals surface area contributed by atoms with Crippen LogP contribution in [0.15, 0.2) is 24.3 Å². The number of rotatable bonds is 5. The third kappa shape index (κ3) is 6.39. The Balaban J connectivity index is 2.20. The molecule has 0 unspecified atom stereocenters. The second kappa shape index (κ2) is 8.48. The van der Waals surface area contributed by atoms with Crippen molar-refractivity contribution < 1.29 is 27.4 Å². The summed E-state index contributed by atoms with van der Waals surface area (Å²) in [5, 5.41) is 2.82. The smallest absolute Gasteiger partial charge is 0.416 e. The van der Waals surface area contributed by atoms with Crippen molar-refractivity contribution >= 4 is 6.09 Å². The van der Waals surface area contributed by atoms with Gasteiger partial charge in [0.05, 0.1) is 18.2 Å². The van der Waals surface area contributed by atoms with Gasteiger partial charge in [-0.15, -0.1) is 0 Å². The van der Waals surface area contributed by atoms with E-state index in [1.54, 1.807) is 33.9 Å². The van der Waals surface area contributed by atoms with E-state index in [-0.39, 0.29) is 12.0 Å². The normalized spacial score (nSPS) is 21.3. The van der Waals surface area contributed by atoms with Gasteiger partial charge in [0, 0.05) is 32.7 Å². The molecule has 2 atom stereocenters. The average molecular weight is 388 g/mol. The van der Waals surface area contributed by atoms with Crippen LogP contribution >= 0.6 is 0 Å². The fourth-order valence-corrected chi connectivity index (χ4v) is 3.18. The molecule has 1 aromatic carbocycles. The van der Waals surface area contributed by atoms with Crippen LogP contribution in [0, 0.1) is 0 Å². The summed E-state index contributed by atoms with van der Waals surface area (Å²) in [6, 6.07) is 4.94. The first-order chi connectivity index (χ1) is 12.5. The van der Waals surface area contributed by atoms with Gasteiger partial charge in [-0.2, -0.15) is 13.2 Å². The molecule has 27 heavy (non-hydrogen) atoms. The van der Waals surface area contributed by atoms with Crippen molar-refractivity contribution in [3.8, 4) is 0 Å². The first-order valence-corrected chi connectivity index (χ1v) is 8.87. The van der Waals surface area contributed by atoms with Crippen molar-refractivity contribution in [3.05, 3.63) is 35.4 Å². The largest absolute Gasteiger partial charge is 0.444 e. The van der Waals surface area contributed by atoms with E-state index in [2.05, 4.69) is 10.2 Å². The Morgan fingerprint density at radius 3 is 2.56 bits per heavy atom. The Labute approximate surface area is 157 Å². The molecule has 1 aliphatic heterocycles. The van der Waals surface area contributed by atoms with Crippen molar-refractivity contribution in [3.63, 3.8) is 0 Å². The van der Waals surface area contributed by atoms with Crippen LogP contribution in [0.5, 0.6) is 0 Å². The predicted molar refractivity (Wildman–Crippen MR) is 95.7 cm³/mol. The fourth-order valence-electron chi connectivity index (χ4n) is 3.18. The van der Waals surface area contributed by atoms with E-state index in [4.69, 9.17) is 9.47 Å². The molecule has 1 heterocycles. The van der Waals surface area contributed by atoms with E-state index in [1.165, 1.54) is 6.07 Å². The van der Waals surface area contributed by atoms with Crippen molar-refractivity contribution in [1.29, 1.82) is 0 Å². The molecule has 0 bridgehead atoms. The summed E-state index contributed by atoms with van der Waals surface area (Å²) in [6.07, 6.45) is -4.98. The van der Waals surface area contributed by atoms with Crippen LogP contribution in [-0.2, 0) is 15.7 Å². The molecular formula is C19H27F3N2O3. The first-order valence-electron chi connectivity index (χ1n) is 8.87. The number of likely N-dealkylation sites (tertiary alicyclic amines) is 1. The Bertz CT molecular complexity index is 644. The summed E-state index contributed by atoms with van der Waals surface area (Å²) < 4.78 is 49.6. The standard InChI is InChI=1S/C19H27F3N2O3/c1-18(2,3)27-17(25)23-16-12-24(8-9-26-4)11-15(16)13-6-5-7-14(10-13)19(20,21)22/h5-7,10,15-16H,8-9,11-12H2,1-4H3,(H,23,25)/t15-,16+/m0/s1. The lowest BCUT2D eigenvalue weighted by atomic mass is 9.93. The van der Waals surface area contributed by atoms with Gasteiger partial charge in [0.25, 0.3) is 0 Å². The molecule has 8 heteroatoms. The minimum atomic E-state index is -4.40. The van der Waals surface area contributed by atoms with Gasteiger partial charge in [0.1, 0.15) is 5.60 Å². The highest BCUT2D eigenvalue weighted by molar-refractivity contribution is 5.68. The lowest BCUT2D eigenvalue weighted by molar-refractivity contribution is -0.137. The topological polar surface area (TPSA) is 50.8 Å². The highest BCUT2D eigenvalue weighted by Crippen LogP contribution is 2.34. The number of hydrogen-bond acceptors (Lipinski definition) is 4. The zero-order valence-corrected chi connectivity index (χ0v) is 16.1. The van der Waals surface area contributed by atoms with E-state index >= 15 is 0 Å². The summed E-state index contributed by atoms with van der Waals surface area (Å²) in [6.45, 7) is 7.48. The molecule has 1 fully saturated rings. The van der Waals surface area contributed by atoms with Crippen LogP contribution in [0.1, 0.15) is 37.8 Å². The van der Waals surface area contributed by atoms with Crippen molar-refractivity contribution in [2.45, 2.75) is 44.5 Å². The van der Waals surface area contributed by atoms with Crippen molar-refractivity contribution in [2.24, 2.45) is 0 Å². The minimum Gasteiger partial charge on any atom is -0.444 e. The summed E-state index contributed by atoms with van der Waals surface area (Å²) in [5.74, 6) is -0.267. The molecule has 0 saturated carbocycles. The Kier molecular flexibility index (Phi) is 6.75. The molecular weight excluding hydrogens is 361 g/mol. The number of ether oxygens (including phenoxy) is 2. The molecule has 0 spiro atoms. The zero-order chi connectivity index (χ0) is 20.2. The van der Waals surface area contributed by atoms with Gasteiger partial charge in [0.15, 0.2) is 0 Å². The molecule has 1 amide bonds. The number of alkyl halides is 3. The number of carbonyl (C=O) groups excluding carboxylic acids is 1. The van der Waals surface area contributed by atoms with E-state index in [1.807, 2.05) is 0 Å². The SMILES string of the molecule is COCCN1C[C@@H](NC(=O)OC(C)(C)C)[C@H](c2cccc(C(F)(F)F)c2)C1. The van der Waals surface area contributed by atoms with E-state index in [0.717, 1.165) is 12.1 Å². The third-order valence-electron chi connectivity index (χ3n) is 4.35. The molecule has 1 aliphatic rings. The van der Waals surface area contributed by atoms with Crippen LogP contribution in [-0.4, -0.2) is 56.0 Å². The molecule has 2 rings (SSSR count). The summed E-state index contributed by atoms with van der Waals surface area (Å²) in [7, 11) is 1.59. The quantitative estimate of drug-likeness (QED) is 0.837. The molecule has 1 aromatic rings. The summed E-state index contributed by atoms with van der Waals surface area (Å²) in [4.78, 5) is 14.2. The van der Waals surface area contributed by atoms with Gasteiger partial charge in [-0.25, -0.2) is 4.79 Å². The van der Waals surface area contributed by atoms with Crippen LogP contribution in [0.2, 0.25) is 0 Å². The second-order valence-electron chi connectivity index (χ2n) is 7.73. The monoisotopic (exact) mass is 388 g/mol. The number of halogens is 3. The average Bonchev–Trinajstić information content (AvgIpc) is 2.93. The predicted octanol–water partition coefficient (Wildman–Crippen LogP) is 3.64. The molecule has 0 radical (unpaired) electrons. The van der Waals surface area contributed by atoms with Gasteiger partial charge in [0.2, 0.25) is 0 Å². The molecule has 1 N–H and O–H groups in total. The molecule has 0 aliphatic carbocycles. The number of nitrogens with zero attached hydrogens (tertiary/aromatic N) is 1. The molecule has 1 saturated heterocycles. The maximum absolute atomic E-state index is 13.1. The lowest BCUT2D eigenvalue weighted by Gasteiger charge is -2.24. The number of carbonyl (C=O) groups is 1. The maximum Gasteiger partial charge on any atom is 0.416 e. The third-order valence-corrected chi connectivity index (χ3v) is 4.35. The fraction of sp³-hybridized carbons (Fsp3) is 0.632. The number of hydrogen-bond donors (Lipinski definition) is 1. The van der Waals surface area contributed by atoms with Crippen LogP contribution in [0.25, 0.3) is 0 Å². The number of nitrogens with one attached hydrogen (secondary N) is 1. The Hall–Kier alpha value is -1.80. The Morgan fingerprint density at radius 2 is 1.96 bits per heavy atom. The van der Waals surface area contributed by atoms with Crippen molar-refractivity contribution in [2.75, 3.05) is 33.4 Å². The first kappa shape index (κ1) is 21.5. The number of amides is 1. The van der Waals surface area contributed by atoms with E-state index < -0.39 is 23.4 Å². The van der Waals surface area contributed by atoms with Gasteiger partial charge < -0.3 is 14.8 Å². The van der Waals surface area contributed by atoms with Crippen LogP contribution in [0.3, 0.4) is 0 Å². The second-order valence-corrected chi connectivity index (χ2v) is 7.73. The number of alkyl carbamates (subject to hydrolysis) is 1. The van der Waals surface area contributed by atoms with Gasteiger partial charge in [-0.05, 0) is 32.4 Å². The lowest BCUT2D eigenvalue weighted by Crippen LogP contribution is -2.42. The van der Waals surface area contributed by atoms with Crippen LogP contribution < -0.4 is 5.32 Å². The van der Waals surface area contributed by atoms with E-state index in [9.17, 15) is 18.0 Å². The van der Waals surface area contributed by atoms with Gasteiger partial charge >= 0.3 is 12.3 Å². The summed E-state index contributed by atoms with van der Waals surface area (Å²) >= 11 is 0. The number of benzene rings is 1. The van der Waals surface area contributed by atoms with E-state index in [0.29, 0.717) is 31.8 Å². The highest BCUT2D eigenvalue weighted by atomic mass is 19.4. The zero-order valence-electron chi connectivity index (χ0n) is 16.1. The van der Waals surface area contributed by atoms with Crippen LogP contribution in [0.4, 0.5) is 18.0 Å². The Morgan fingerprint density at radius 1 is 1.26 bits per heavy atom.